The normalized spacial score (nSPS) is 27.2. The van der Waals surface area contributed by atoms with Crippen LogP contribution in [0.2, 0.25) is 0 Å². The molecule has 0 aromatic carbocycles. The van der Waals surface area contributed by atoms with Crippen molar-refractivity contribution in [1.29, 1.82) is 0 Å². The van der Waals surface area contributed by atoms with Crippen LogP contribution in [-0.2, 0) is 6.54 Å². The van der Waals surface area contributed by atoms with E-state index in [9.17, 15) is 0 Å². The third-order valence-electron chi connectivity index (χ3n) is 3.48. The molecule has 1 aliphatic rings. The Morgan fingerprint density at radius 2 is 2.38 bits per heavy atom. The predicted octanol–water partition coefficient (Wildman–Crippen LogP) is 2.74. The first kappa shape index (κ1) is 12.1. The third kappa shape index (κ3) is 2.50. The zero-order valence-corrected chi connectivity index (χ0v) is 11.2. The van der Waals surface area contributed by atoms with E-state index in [0.717, 1.165) is 23.3 Å². The maximum Gasteiger partial charge on any atom is 0.131 e. The van der Waals surface area contributed by atoms with E-state index in [4.69, 9.17) is 10.2 Å². The van der Waals surface area contributed by atoms with Crippen LogP contribution in [0.4, 0.5) is 0 Å². The summed E-state index contributed by atoms with van der Waals surface area (Å²) in [5.41, 5.74) is 5.84. The van der Waals surface area contributed by atoms with Gasteiger partial charge in [0.2, 0.25) is 0 Å². The number of halogens is 1. The molecule has 1 aromatic heterocycles. The highest BCUT2D eigenvalue weighted by molar-refractivity contribution is 9.10. The van der Waals surface area contributed by atoms with Crippen LogP contribution >= 0.6 is 15.9 Å². The molecule has 2 unspecified atom stereocenters. The van der Waals surface area contributed by atoms with Crippen molar-refractivity contribution < 1.29 is 4.42 Å². The molecule has 0 amide bonds. The van der Waals surface area contributed by atoms with Crippen molar-refractivity contribution in [2.75, 3.05) is 6.54 Å². The quantitative estimate of drug-likeness (QED) is 0.929. The van der Waals surface area contributed by atoms with Crippen LogP contribution in [0.1, 0.15) is 31.9 Å². The maximum atomic E-state index is 5.84. The molecule has 0 saturated carbocycles. The molecule has 0 radical (unpaired) electrons. The fraction of sp³-hybridized carbons (Fsp3) is 0.667. The Morgan fingerprint density at radius 1 is 1.56 bits per heavy atom. The van der Waals surface area contributed by atoms with Crippen molar-refractivity contribution in [2.24, 2.45) is 5.73 Å². The molecule has 0 spiro atoms. The second-order valence-electron chi connectivity index (χ2n) is 4.53. The molecule has 2 rings (SSSR count). The number of hydrogen-bond acceptors (Lipinski definition) is 3. The highest BCUT2D eigenvalue weighted by Crippen LogP contribution is 2.27. The number of nitrogens with zero attached hydrogens (tertiary/aromatic N) is 1. The molecule has 16 heavy (non-hydrogen) atoms. The molecule has 90 valence electrons. The van der Waals surface area contributed by atoms with Crippen molar-refractivity contribution in [2.45, 2.75) is 44.8 Å². The average Bonchev–Trinajstić information content (AvgIpc) is 2.67. The highest BCUT2D eigenvalue weighted by Gasteiger charge is 2.27. The summed E-state index contributed by atoms with van der Waals surface area (Å²) in [6, 6.07) is 3.04. The first-order valence-electron chi connectivity index (χ1n) is 5.90. The van der Waals surface area contributed by atoms with Crippen LogP contribution in [-0.4, -0.2) is 23.5 Å². The van der Waals surface area contributed by atoms with E-state index in [2.05, 4.69) is 27.8 Å². The van der Waals surface area contributed by atoms with Gasteiger partial charge in [0.1, 0.15) is 5.76 Å². The minimum atomic E-state index is 0.501. The van der Waals surface area contributed by atoms with Crippen LogP contribution in [0.25, 0.3) is 0 Å². The van der Waals surface area contributed by atoms with Crippen molar-refractivity contribution >= 4 is 15.9 Å². The lowest BCUT2D eigenvalue weighted by Crippen LogP contribution is -2.48. The molecule has 3 nitrogen and oxygen atoms in total. The summed E-state index contributed by atoms with van der Waals surface area (Å²) in [5, 5.41) is 0. The van der Waals surface area contributed by atoms with E-state index in [1.807, 2.05) is 6.07 Å². The lowest BCUT2D eigenvalue weighted by atomic mass is 9.96. The van der Waals surface area contributed by atoms with Gasteiger partial charge < -0.3 is 10.2 Å². The molecule has 1 aromatic rings. The molecule has 1 fully saturated rings. The highest BCUT2D eigenvalue weighted by atomic mass is 79.9. The Morgan fingerprint density at radius 3 is 3.00 bits per heavy atom. The van der Waals surface area contributed by atoms with Crippen LogP contribution < -0.4 is 5.73 Å². The van der Waals surface area contributed by atoms with Gasteiger partial charge in [-0.1, -0.05) is 6.42 Å². The van der Waals surface area contributed by atoms with Crippen molar-refractivity contribution in [1.82, 2.24) is 4.90 Å². The third-order valence-corrected chi connectivity index (χ3v) is 4.19. The van der Waals surface area contributed by atoms with Crippen molar-refractivity contribution in [3.05, 3.63) is 22.6 Å². The number of hydrogen-bond donors (Lipinski definition) is 1. The monoisotopic (exact) mass is 286 g/mol. The second kappa shape index (κ2) is 5.34. The fourth-order valence-electron chi connectivity index (χ4n) is 2.48. The predicted molar refractivity (Wildman–Crippen MR) is 68.1 cm³/mol. The lowest BCUT2D eigenvalue weighted by molar-refractivity contribution is 0.0811. The Balaban J connectivity index is 2.08. The molecule has 4 heteroatoms. The van der Waals surface area contributed by atoms with Gasteiger partial charge in [-0.25, -0.2) is 0 Å². The summed E-state index contributed by atoms with van der Waals surface area (Å²) in [6.45, 7) is 3.87. The first-order valence-corrected chi connectivity index (χ1v) is 6.69. The molecule has 2 atom stereocenters. The second-order valence-corrected chi connectivity index (χ2v) is 5.39. The SMILES string of the molecule is CC1CCCC(CN)N1Cc1occc1Br. The molecular formula is C12H19BrN2O. The maximum absolute atomic E-state index is 5.84. The molecular weight excluding hydrogens is 268 g/mol. The van der Waals surface area contributed by atoms with E-state index in [1.165, 1.54) is 19.3 Å². The number of nitrogens with two attached hydrogens (primary N) is 1. The van der Waals surface area contributed by atoms with Crippen LogP contribution in [0.5, 0.6) is 0 Å². The van der Waals surface area contributed by atoms with Gasteiger partial charge >= 0.3 is 0 Å². The Hall–Kier alpha value is -0.320. The minimum absolute atomic E-state index is 0.501. The Bertz CT molecular complexity index is 340. The summed E-state index contributed by atoms with van der Waals surface area (Å²) >= 11 is 3.50. The number of rotatable bonds is 3. The molecule has 2 heterocycles. The largest absolute Gasteiger partial charge is 0.467 e. The number of likely N-dealkylation sites (tertiary alicyclic amines) is 1. The van der Waals surface area contributed by atoms with Crippen LogP contribution in [0.3, 0.4) is 0 Å². The van der Waals surface area contributed by atoms with Gasteiger partial charge in [-0.2, -0.15) is 0 Å². The smallest absolute Gasteiger partial charge is 0.131 e. The van der Waals surface area contributed by atoms with Crippen LogP contribution in [0, 0.1) is 0 Å². The van der Waals surface area contributed by atoms with Gasteiger partial charge in [-0.05, 0) is 41.8 Å². The zero-order valence-electron chi connectivity index (χ0n) is 9.66. The van der Waals surface area contributed by atoms with Gasteiger partial charge in [0.15, 0.2) is 0 Å². The van der Waals surface area contributed by atoms with Gasteiger partial charge in [-0.3, -0.25) is 4.90 Å². The fourth-order valence-corrected chi connectivity index (χ4v) is 2.81. The summed E-state index contributed by atoms with van der Waals surface area (Å²) in [5.74, 6) is 1.01. The topological polar surface area (TPSA) is 42.4 Å². The molecule has 1 aliphatic heterocycles. The minimum Gasteiger partial charge on any atom is -0.467 e. The number of piperidine rings is 1. The van der Waals surface area contributed by atoms with E-state index in [1.54, 1.807) is 6.26 Å². The first-order chi connectivity index (χ1) is 7.72. The molecule has 1 saturated heterocycles. The molecule has 0 aliphatic carbocycles. The Kier molecular flexibility index (Phi) is 4.05. The standard InChI is InChI=1S/C12H19BrN2O/c1-9-3-2-4-10(7-14)15(9)8-12-11(13)5-6-16-12/h5-6,9-10H,2-4,7-8,14H2,1H3. The molecule has 0 bridgehead atoms. The van der Waals surface area contributed by atoms with Gasteiger partial charge in [-0.15, -0.1) is 0 Å². The van der Waals surface area contributed by atoms with E-state index in [0.29, 0.717) is 12.1 Å². The average molecular weight is 287 g/mol. The van der Waals surface area contributed by atoms with E-state index in [-0.39, 0.29) is 0 Å². The van der Waals surface area contributed by atoms with Crippen LogP contribution in [0.15, 0.2) is 21.2 Å². The van der Waals surface area contributed by atoms with Gasteiger partial charge in [0.25, 0.3) is 0 Å². The Labute approximate surface area is 105 Å². The van der Waals surface area contributed by atoms with Gasteiger partial charge in [0, 0.05) is 18.6 Å². The van der Waals surface area contributed by atoms with Gasteiger partial charge in [0.05, 0.1) is 17.3 Å². The zero-order chi connectivity index (χ0) is 11.5. The van der Waals surface area contributed by atoms with E-state index >= 15 is 0 Å². The number of furan rings is 1. The summed E-state index contributed by atoms with van der Waals surface area (Å²) in [7, 11) is 0. The summed E-state index contributed by atoms with van der Waals surface area (Å²) in [6.07, 6.45) is 5.48. The molecule has 2 N–H and O–H groups in total. The lowest BCUT2D eigenvalue weighted by Gasteiger charge is -2.39. The van der Waals surface area contributed by atoms with Crippen molar-refractivity contribution in [3.8, 4) is 0 Å². The summed E-state index contributed by atoms with van der Waals surface area (Å²) in [4.78, 5) is 2.47. The van der Waals surface area contributed by atoms with E-state index < -0.39 is 0 Å². The van der Waals surface area contributed by atoms with Crippen molar-refractivity contribution in [3.63, 3.8) is 0 Å². The summed E-state index contributed by atoms with van der Waals surface area (Å²) < 4.78 is 6.54.